The van der Waals surface area contributed by atoms with E-state index in [1.54, 1.807) is 66.7 Å². The van der Waals surface area contributed by atoms with E-state index >= 15 is 0 Å². The lowest BCUT2D eigenvalue weighted by molar-refractivity contribution is -0.0946. The second-order valence-corrected chi connectivity index (χ2v) is 9.51. The van der Waals surface area contributed by atoms with Gasteiger partial charge in [-0.1, -0.05) is 61.2 Å². The number of rotatable bonds is 9. The van der Waals surface area contributed by atoms with E-state index in [2.05, 4.69) is 11.6 Å². The zero-order chi connectivity index (χ0) is 30.4. The Morgan fingerprint density at radius 2 is 1.35 bits per heavy atom. The largest absolute Gasteiger partial charge is 0.459 e. The van der Waals surface area contributed by atoms with Crippen LogP contribution in [0.15, 0.2) is 126 Å². The standard InChI is InChI=1S/C32H26N2O9/c1-2-32(43-29(38)23-16-10-5-11-17-23)26(42-28(37)22-14-8-4-9-15-22)24(20-40-27(36)21-12-6-3-7-13-21)41-30(32)34-19-18-25(35)33-31(34)39/h2-19,24,26,30H,1,20H2,(H,33,35,39)/t24-,26?,30-,32?/m1/s1. The Bertz CT molecular complexity index is 1740. The molecule has 0 radical (unpaired) electrons. The van der Waals surface area contributed by atoms with Crippen molar-refractivity contribution >= 4 is 17.9 Å². The normalized spacial score (nSPS) is 21.0. The van der Waals surface area contributed by atoms with Gasteiger partial charge in [-0.15, -0.1) is 0 Å². The summed E-state index contributed by atoms with van der Waals surface area (Å²) in [4.78, 5) is 66.5. The Kier molecular flexibility index (Phi) is 8.44. The third kappa shape index (κ3) is 6.07. The number of nitrogens with one attached hydrogen (secondary N) is 1. The highest BCUT2D eigenvalue weighted by molar-refractivity contribution is 5.91. The first-order valence-electron chi connectivity index (χ1n) is 13.2. The molecule has 0 amide bonds. The van der Waals surface area contributed by atoms with E-state index < -0.39 is 59.8 Å². The van der Waals surface area contributed by atoms with Crippen LogP contribution in [0.2, 0.25) is 0 Å². The van der Waals surface area contributed by atoms with E-state index in [1.807, 2.05) is 0 Å². The molecule has 5 rings (SSSR count). The Balaban J connectivity index is 1.58. The van der Waals surface area contributed by atoms with Crippen LogP contribution >= 0.6 is 0 Å². The Morgan fingerprint density at radius 3 is 1.88 bits per heavy atom. The van der Waals surface area contributed by atoms with Gasteiger partial charge in [-0.2, -0.15) is 0 Å². The zero-order valence-corrected chi connectivity index (χ0v) is 22.7. The lowest BCUT2D eigenvalue weighted by Gasteiger charge is -2.35. The van der Waals surface area contributed by atoms with Gasteiger partial charge in [0.25, 0.3) is 5.56 Å². The van der Waals surface area contributed by atoms with Crippen LogP contribution in [0.1, 0.15) is 37.3 Å². The van der Waals surface area contributed by atoms with Crippen molar-refractivity contribution in [2.24, 2.45) is 0 Å². The van der Waals surface area contributed by atoms with Gasteiger partial charge in [-0.3, -0.25) is 14.3 Å². The summed E-state index contributed by atoms with van der Waals surface area (Å²) in [5, 5.41) is 0. The summed E-state index contributed by atoms with van der Waals surface area (Å²) in [6.45, 7) is 3.38. The highest BCUT2D eigenvalue weighted by atomic mass is 16.7. The van der Waals surface area contributed by atoms with E-state index in [0.717, 1.165) is 16.8 Å². The zero-order valence-electron chi connectivity index (χ0n) is 22.7. The average Bonchev–Trinajstić information content (AvgIpc) is 3.33. The average molecular weight is 583 g/mol. The molecule has 1 aliphatic rings. The molecule has 1 N–H and O–H groups in total. The highest BCUT2D eigenvalue weighted by Crippen LogP contribution is 2.44. The van der Waals surface area contributed by atoms with Crippen molar-refractivity contribution in [3.8, 4) is 0 Å². The number of H-pyrrole nitrogens is 1. The molecule has 0 spiro atoms. The maximum atomic E-state index is 13.4. The lowest BCUT2D eigenvalue weighted by atomic mass is 9.92. The number of nitrogens with zero attached hydrogens (tertiary/aromatic N) is 1. The molecule has 0 saturated carbocycles. The molecular formula is C32H26N2O9. The Labute approximate surface area is 244 Å². The van der Waals surface area contributed by atoms with Gasteiger partial charge in [0.15, 0.2) is 12.3 Å². The summed E-state index contributed by atoms with van der Waals surface area (Å²) in [6, 6.07) is 25.3. The summed E-state index contributed by atoms with van der Waals surface area (Å²) < 4.78 is 24.6. The predicted molar refractivity (Wildman–Crippen MR) is 152 cm³/mol. The number of benzene rings is 3. The van der Waals surface area contributed by atoms with Gasteiger partial charge in [-0.25, -0.2) is 19.2 Å². The number of carbonyl (C=O) groups excluding carboxylic acids is 3. The topological polar surface area (TPSA) is 143 Å². The smallest absolute Gasteiger partial charge is 0.339 e. The Hall–Kier alpha value is -5.55. The predicted octanol–water partition coefficient (Wildman–Crippen LogP) is 3.30. The van der Waals surface area contributed by atoms with Gasteiger partial charge in [0.2, 0.25) is 5.60 Å². The van der Waals surface area contributed by atoms with Gasteiger partial charge < -0.3 is 18.9 Å². The molecule has 4 aromatic rings. The van der Waals surface area contributed by atoms with Crippen LogP contribution in [0, 0.1) is 0 Å². The molecule has 1 saturated heterocycles. The minimum Gasteiger partial charge on any atom is -0.459 e. The van der Waals surface area contributed by atoms with Crippen LogP contribution in [0.5, 0.6) is 0 Å². The van der Waals surface area contributed by atoms with Crippen LogP contribution in [0.3, 0.4) is 0 Å². The number of aromatic nitrogens is 2. The van der Waals surface area contributed by atoms with Crippen molar-refractivity contribution < 1.29 is 33.3 Å². The molecule has 2 heterocycles. The number of carbonyl (C=O) groups is 3. The second kappa shape index (κ2) is 12.5. The first kappa shape index (κ1) is 29.0. The molecule has 1 fully saturated rings. The molecule has 1 aromatic heterocycles. The van der Waals surface area contributed by atoms with Crippen LogP contribution in [-0.4, -0.2) is 51.9 Å². The quantitative estimate of drug-likeness (QED) is 0.179. The van der Waals surface area contributed by atoms with Crippen molar-refractivity contribution in [1.82, 2.24) is 9.55 Å². The summed E-state index contributed by atoms with van der Waals surface area (Å²) in [5.41, 5.74) is -3.01. The van der Waals surface area contributed by atoms with Crippen LogP contribution in [0.25, 0.3) is 0 Å². The third-order valence-electron chi connectivity index (χ3n) is 6.81. The second-order valence-electron chi connectivity index (χ2n) is 9.51. The third-order valence-corrected chi connectivity index (χ3v) is 6.81. The summed E-state index contributed by atoms with van der Waals surface area (Å²) >= 11 is 0. The molecule has 0 aliphatic carbocycles. The van der Waals surface area contributed by atoms with Crippen LogP contribution in [0.4, 0.5) is 0 Å². The van der Waals surface area contributed by atoms with Crippen LogP contribution < -0.4 is 11.2 Å². The highest BCUT2D eigenvalue weighted by Gasteiger charge is 2.62. The minimum atomic E-state index is -2.04. The molecule has 11 heteroatoms. The number of aromatic amines is 1. The fraction of sp³-hybridized carbons (Fsp3) is 0.156. The number of hydrogen-bond donors (Lipinski definition) is 1. The van der Waals surface area contributed by atoms with Gasteiger partial charge in [0, 0.05) is 12.3 Å². The van der Waals surface area contributed by atoms with Gasteiger partial charge in [0.05, 0.1) is 16.7 Å². The maximum Gasteiger partial charge on any atom is 0.339 e. The molecular weight excluding hydrogens is 556 g/mol. The number of esters is 3. The Morgan fingerprint density at radius 1 is 0.814 bits per heavy atom. The van der Waals surface area contributed by atoms with E-state index in [9.17, 15) is 24.0 Å². The lowest BCUT2D eigenvalue weighted by Crippen LogP contribution is -2.52. The van der Waals surface area contributed by atoms with Crippen molar-refractivity contribution in [1.29, 1.82) is 0 Å². The first-order valence-corrected chi connectivity index (χ1v) is 13.2. The van der Waals surface area contributed by atoms with E-state index in [1.165, 1.54) is 30.3 Å². The van der Waals surface area contributed by atoms with Crippen LogP contribution in [-0.2, 0) is 18.9 Å². The summed E-state index contributed by atoms with van der Waals surface area (Å²) in [6.07, 6.45) is -1.90. The molecule has 218 valence electrons. The summed E-state index contributed by atoms with van der Waals surface area (Å²) in [5.74, 6) is -2.33. The van der Waals surface area contributed by atoms with Crippen molar-refractivity contribution in [2.75, 3.05) is 6.61 Å². The fourth-order valence-corrected chi connectivity index (χ4v) is 4.70. The molecule has 11 nitrogen and oxygen atoms in total. The number of ether oxygens (including phenoxy) is 4. The molecule has 0 bridgehead atoms. The summed E-state index contributed by atoms with van der Waals surface area (Å²) in [7, 11) is 0. The van der Waals surface area contributed by atoms with Gasteiger partial charge in [0.1, 0.15) is 12.7 Å². The first-order chi connectivity index (χ1) is 20.8. The van der Waals surface area contributed by atoms with E-state index in [0.29, 0.717) is 0 Å². The van der Waals surface area contributed by atoms with E-state index in [-0.39, 0.29) is 16.7 Å². The molecule has 4 atom stereocenters. The molecule has 3 aromatic carbocycles. The maximum absolute atomic E-state index is 13.4. The van der Waals surface area contributed by atoms with Crippen molar-refractivity contribution in [3.63, 3.8) is 0 Å². The van der Waals surface area contributed by atoms with Crippen molar-refractivity contribution in [2.45, 2.75) is 24.0 Å². The molecule has 43 heavy (non-hydrogen) atoms. The SMILES string of the molecule is C=CC1(OC(=O)c2ccccc2)C(OC(=O)c2ccccc2)[C@@H](COC(=O)c2ccccc2)O[C@H]1n1ccc(=O)[nH]c1=O. The van der Waals surface area contributed by atoms with Gasteiger partial charge in [-0.05, 0) is 42.5 Å². The molecule has 2 unspecified atom stereocenters. The van der Waals surface area contributed by atoms with E-state index in [4.69, 9.17) is 18.9 Å². The minimum absolute atomic E-state index is 0.156. The monoisotopic (exact) mass is 582 g/mol. The number of hydrogen-bond acceptors (Lipinski definition) is 9. The molecule has 1 aliphatic heterocycles. The fourth-order valence-electron chi connectivity index (χ4n) is 4.70. The van der Waals surface area contributed by atoms with Crippen molar-refractivity contribution in [3.05, 3.63) is 153 Å². The van der Waals surface area contributed by atoms with Gasteiger partial charge >= 0.3 is 23.6 Å².